The monoisotopic (exact) mass is 604 g/mol. The van der Waals surface area contributed by atoms with Gasteiger partial charge < -0.3 is 24.6 Å². The first-order valence-electron chi connectivity index (χ1n) is 15.1. The van der Waals surface area contributed by atoms with Crippen LogP contribution in [0, 0.1) is 5.92 Å². The molecule has 0 radical (unpaired) electrons. The molecule has 3 atom stereocenters. The fraction of sp³-hybridized carbons (Fsp3) is 0.867. The smallest absolute Gasteiger partial charge is 0.411 e. The van der Waals surface area contributed by atoms with Gasteiger partial charge >= 0.3 is 30.0 Å². The van der Waals surface area contributed by atoms with Crippen LogP contribution in [0.1, 0.15) is 119 Å². The highest BCUT2D eigenvalue weighted by Gasteiger charge is 2.54. The van der Waals surface area contributed by atoms with Gasteiger partial charge in [-0.2, -0.15) is 8.78 Å². The van der Waals surface area contributed by atoms with Crippen molar-refractivity contribution in [3.8, 4) is 0 Å². The molecule has 0 heterocycles. The molecule has 0 saturated heterocycles. The van der Waals surface area contributed by atoms with Gasteiger partial charge in [-0.15, -0.1) is 0 Å². The second-order valence-corrected chi connectivity index (χ2v) is 13.6. The van der Waals surface area contributed by atoms with Crippen molar-refractivity contribution in [1.29, 1.82) is 0 Å². The molecule has 2 fully saturated rings. The molecule has 0 aliphatic heterocycles. The van der Waals surface area contributed by atoms with Gasteiger partial charge in [0.2, 0.25) is 0 Å². The highest BCUT2D eigenvalue weighted by Crippen LogP contribution is 2.32. The third-order valence-electron chi connectivity index (χ3n) is 7.56. The molecule has 10 nitrogen and oxygen atoms in total. The molecule has 12 heteroatoms. The number of nitrogens with one attached hydrogen (secondary N) is 1. The molecule has 42 heavy (non-hydrogen) atoms. The van der Waals surface area contributed by atoms with Crippen LogP contribution in [0.2, 0.25) is 0 Å². The molecule has 1 unspecified atom stereocenters. The summed E-state index contributed by atoms with van der Waals surface area (Å²) in [7, 11) is 0. The molecule has 242 valence electrons. The maximum atomic E-state index is 15.4. The molecule has 2 aliphatic rings. The van der Waals surface area contributed by atoms with Crippen LogP contribution in [0.15, 0.2) is 0 Å². The van der Waals surface area contributed by atoms with Crippen LogP contribution in [0.5, 0.6) is 0 Å². The van der Waals surface area contributed by atoms with Gasteiger partial charge in [-0.1, -0.05) is 51.4 Å². The number of carbonyl (C=O) groups is 4. The van der Waals surface area contributed by atoms with Gasteiger partial charge in [0, 0.05) is 6.04 Å². The van der Waals surface area contributed by atoms with Crippen molar-refractivity contribution >= 4 is 24.1 Å². The van der Waals surface area contributed by atoms with Crippen molar-refractivity contribution in [2.24, 2.45) is 5.92 Å². The number of hydrogen-bond donors (Lipinski definition) is 2. The van der Waals surface area contributed by atoms with Gasteiger partial charge in [-0.3, -0.25) is 4.90 Å². The largest absolute Gasteiger partial charge is 0.444 e. The summed E-state index contributed by atoms with van der Waals surface area (Å²) in [6.07, 6.45) is 3.45. The van der Waals surface area contributed by atoms with Gasteiger partial charge in [0.05, 0.1) is 6.04 Å². The lowest BCUT2D eigenvalue weighted by atomic mass is 9.83. The van der Waals surface area contributed by atoms with E-state index in [2.05, 4.69) is 10.1 Å². The normalized spacial score (nSPS) is 19.7. The number of hydrogen-bond acceptors (Lipinski definition) is 8. The Hall–Kier alpha value is -2.50. The van der Waals surface area contributed by atoms with E-state index in [0.717, 1.165) is 56.3 Å². The van der Waals surface area contributed by atoms with Crippen LogP contribution in [-0.2, 0) is 23.8 Å². The fourth-order valence-electron chi connectivity index (χ4n) is 5.54. The molecular formula is C30H50F2N2O8. The second-order valence-electron chi connectivity index (χ2n) is 13.6. The number of carbonyl (C=O) groups excluding carboxylic acids is 4. The maximum absolute atomic E-state index is 15.4. The molecule has 2 aliphatic carbocycles. The third-order valence-corrected chi connectivity index (χ3v) is 7.56. The molecule has 2 amide bonds. The highest BCUT2D eigenvalue weighted by molar-refractivity contribution is 5.93. The number of nitrogens with zero attached hydrogens (tertiary/aromatic N) is 1. The summed E-state index contributed by atoms with van der Waals surface area (Å²) in [4.78, 5) is 52.4. The minimum absolute atomic E-state index is 0.0122. The molecule has 0 aromatic heterocycles. The number of ether oxygens (including phenoxy) is 3. The number of alkyl carbamates (subject to hydrolysis) is 1. The summed E-state index contributed by atoms with van der Waals surface area (Å²) >= 11 is 0. The first kappa shape index (κ1) is 35.7. The lowest BCUT2D eigenvalue weighted by molar-refractivity contribution is -0.196. The summed E-state index contributed by atoms with van der Waals surface area (Å²) in [5, 5.41) is 13.1. The van der Waals surface area contributed by atoms with E-state index in [0.29, 0.717) is 12.8 Å². The van der Waals surface area contributed by atoms with Crippen LogP contribution < -0.4 is 5.32 Å². The number of aliphatic hydroxyl groups is 1. The van der Waals surface area contributed by atoms with Crippen molar-refractivity contribution in [3.05, 3.63) is 0 Å². The minimum atomic E-state index is -4.55. The molecular weight excluding hydrogens is 554 g/mol. The number of rotatable bonds is 9. The van der Waals surface area contributed by atoms with E-state index >= 15 is 8.78 Å². The van der Waals surface area contributed by atoms with Crippen LogP contribution in [0.4, 0.5) is 18.4 Å². The van der Waals surface area contributed by atoms with Crippen LogP contribution in [0.3, 0.4) is 0 Å². The van der Waals surface area contributed by atoms with Gasteiger partial charge in [0.1, 0.15) is 23.3 Å². The highest BCUT2D eigenvalue weighted by atomic mass is 19.3. The molecule has 0 aromatic rings. The topological polar surface area (TPSA) is 131 Å². The van der Waals surface area contributed by atoms with Crippen molar-refractivity contribution in [3.63, 3.8) is 0 Å². The van der Waals surface area contributed by atoms with Crippen LogP contribution in [0.25, 0.3) is 0 Å². The summed E-state index contributed by atoms with van der Waals surface area (Å²) < 4.78 is 46.0. The number of alkyl halides is 2. The van der Waals surface area contributed by atoms with Crippen LogP contribution >= 0.6 is 0 Å². The van der Waals surface area contributed by atoms with Crippen molar-refractivity contribution in [1.82, 2.24) is 10.2 Å². The zero-order chi connectivity index (χ0) is 31.9. The van der Waals surface area contributed by atoms with Crippen molar-refractivity contribution < 1.29 is 47.3 Å². The summed E-state index contributed by atoms with van der Waals surface area (Å²) in [6, 6.07) is -3.34. The predicted molar refractivity (Wildman–Crippen MR) is 151 cm³/mol. The zero-order valence-electron chi connectivity index (χ0n) is 26.2. The van der Waals surface area contributed by atoms with Gasteiger partial charge in [-0.25, -0.2) is 19.2 Å². The Kier molecular flexibility index (Phi) is 12.6. The quantitative estimate of drug-likeness (QED) is 0.190. The Morgan fingerprint density at radius 3 is 1.86 bits per heavy atom. The SMILES string of the molecule is CC(C(=O)OC(=O)C(F)(F)[C@H](O)[C@H](CC1CCCCC1)NC(=O)OC(C)(C)C)N(C(=O)OC(C)(C)C)C1CCCCC1. The summed E-state index contributed by atoms with van der Waals surface area (Å²) in [6.45, 7) is 11.1. The second kappa shape index (κ2) is 14.8. The van der Waals surface area contributed by atoms with E-state index in [1.54, 1.807) is 41.5 Å². The van der Waals surface area contributed by atoms with E-state index in [9.17, 15) is 24.3 Å². The predicted octanol–water partition coefficient (Wildman–Crippen LogP) is 5.87. The summed E-state index contributed by atoms with van der Waals surface area (Å²) in [5.41, 5.74) is -1.80. The Labute approximate surface area is 248 Å². The minimum Gasteiger partial charge on any atom is -0.444 e. The first-order chi connectivity index (χ1) is 19.3. The van der Waals surface area contributed by atoms with Crippen LogP contribution in [-0.4, -0.2) is 75.5 Å². The Balaban J connectivity index is 2.21. The fourth-order valence-corrected chi connectivity index (χ4v) is 5.54. The molecule has 2 rings (SSSR count). The average molecular weight is 605 g/mol. The number of halogens is 2. The molecule has 2 saturated carbocycles. The first-order valence-corrected chi connectivity index (χ1v) is 15.1. The molecule has 0 aromatic carbocycles. The lowest BCUT2D eigenvalue weighted by Crippen LogP contribution is -2.57. The maximum Gasteiger partial charge on any atom is 0.411 e. The number of aliphatic hydroxyl groups excluding tert-OH is 1. The molecule has 0 spiro atoms. The Morgan fingerprint density at radius 2 is 1.36 bits per heavy atom. The molecule has 0 bridgehead atoms. The van der Waals surface area contributed by atoms with Crippen molar-refractivity contribution in [2.45, 2.75) is 160 Å². The lowest BCUT2D eigenvalue weighted by Gasteiger charge is -2.38. The Morgan fingerprint density at radius 1 is 0.857 bits per heavy atom. The van der Waals surface area contributed by atoms with Gasteiger partial charge in [-0.05, 0) is 73.6 Å². The van der Waals surface area contributed by atoms with E-state index in [4.69, 9.17) is 9.47 Å². The summed E-state index contributed by atoms with van der Waals surface area (Å²) in [5.74, 6) is -8.24. The Bertz CT molecular complexity index is 935. The van der Waals surface area contributed by atoms with Gasteiger partial charge in [0.25, 0.3) is 0 Å². The number of esters is 2. The van der Waals surface area contributed by atoms with Crippen molar-refractivity contribution in [2.75, 3.05) is 0 Å². The van der Waals surface area contributed by atoms with E-state index in [-0.39, 0.29) is 12.3 Å². The van der Waals surface area contributed by atoms with E-state index < -0.39 is 65.5 Å². The standard InChI is InChI=1S/C30H50F2N2O8/c1-19(34(21-16-12-9-13-17-21)27(39)42-29(5,6)7)24(36)40-25(37)30(31,32)23(35)22(18-20-14-10-8-11-15-20)33-26(38)41-28(2,3)4/h19-23,35H,8-18H2,1-7H3,(H,33,38)/t19?,22-,23+/m0/s1. The van der Waals surface area contributed by atoms with E-state index in [1.165, 1.54) is 6.92 Å². The zero-order valence-corrected chi connectivity index (χ0v) is 26.2. The van der Waals surface area contributed by atoms with E-state index in [1.807, 2.05) is 0 Å². The number of amides is 2. The van der Waals surface area contributed by atoms with Gasteiger partial charge in [0.15, 0.2) is 0 Å². The molecule has 2 N–H and O–H groups in total. The average Bonchev–Trinajstić information content (AvgIpc) is 2.86. The third kappa shape index (κ3) is 11.0.